The maximum Gasteiger partial charge on any atom is 0.310 e. The number of hydrogen-bond acceptors (Lipinski definition) is 5. The molecule has 2 aromatic carbocycles. The third kappa shape index (κ3) is 4.91. The molecule has 3 aromatic rings. The van der Waals surface area contributed by atoms with Crippen molar-refractivity contribution in [2.45, 2.75) is 18.9 Å². The van der Waals surface area contributed by atoms with Crippen LogP contribution in [0.5, 0.6) is 0 Å². The van der Waals surface area contributed by atoms with Crippen LogP contribution < -0.4 is 0 Å². The lowest BCUT2D eigenvalue weighted by atomic mass is 9.95. The molecule has 0 aliphatic carbocycles. The summed E-state index contributed by atoms with van der Waals surface area (Å²) in [7, 11) is 0. The van der Waals surface area contributed by atoms with Crippen LogP contribution in [0.4, 0.5) is 0 Å². The van der Waals surface area contributed by atoms with E-state index in [-0.39, 0.29) is 23.6 Å². The number of rotatable bonds is 6. The number of carbonyl (C=O) groups is 3. The average Bonchev–Trinajstić information content (AvgIpc) is 3.38. The number of amides is 1. The van der Waals surface area contributed by atoms with Crippen molar-refractivity contribution < 1.29 is 19.1 Å². The van der Waals surface area contributed by atoms with Gasteiger partial charge in [0.2, 0.25) is 5.78 Å². The van der Waals surface area contributed by atoms with Gasteiger partial charge < -0.3 is 9.64 Å². The number of hydrogen-bond donors (Lipinski definition) is 0. The molecule has 0 bridgehead atoms. The molecule has 1 fully saturated rings. The molecule has 1 saturated heterocycles. The van der Waals surface area contributed by atoms with Gasteiger partial charge in [0.1, 0.15) is 0 Å². The van der Waals surface area contributed by atoms with Crippen molar-refractivity contribution in [1.29, 1.82) is 0 Å². The van der Waals surface area contributed by atoms with Crippen LogP contribution in [-0.2, 0) is 9.53 Å². The summed E-state index contributed by atoms with van der Waals surface area (Å²) in [6.45, 7) is 0.998. The summed E-state index contributed by atoms with van der Waals surface area (Å²) in [6, 6.07) is 21.6. The molecule has 0 spiro atoms. The summed E-state index contributed by atoms with van der Waals surface area (Å²) in [5.74, 6) is -0.961. The maximum absolute atomic E-state index is 13.1. The molecule has 1 aliphatic rings. The van der Waals surface area contributed by atoms with Gasteiger partial charge in [0, 0.05) is 24.2 Å². The molecule has 6 heteroatoms. The number of Topliss-reactive ketones (excluding diaryl/α,β-unsaturated/α-hetero) is 1. The minimum absolute atomic E-state index is 0.00300. The summed E-state index contributed by atoms with van der Waals surface area (Å²) >= 11 is 1.42. The first-order chi connectivity index (χ1) is 15.1. The van der Waals surface area contributed by atoms with E-state index in [9.17, 15) is 14.4 Å². The van der Waals surface area contributed by atoms with Crippen LogP contribution in [0.25, 0.3) is 0 Å². The zero-order valence-corrected chi connectivity index (χ0v) is 17.8. The van der Waals surface area contributed by atoms with Crippen LogP contribution in [0, 0.1) is 5.92 Å². The highest BCUT2D eigenvalue weighted by molar-refractivity contribution is 7.12. The van der Waals surface area contributed by atoms with Gasteiger partial charge in [-0.2, -0.15) is 0 Å². The van der Waals surface area contributed by atoms with Crippen LogP contribution >= 0.6 is 11.3 Å². The standard InChI is InChI=1S/C25H23NO4S/c27-22(18-8-3-1-4-9-18)23(19-10-5-2-6-11-19)30-25(29)20-13-15-26(16-14-20)24(28)21-12-7-17-31-21/h1-12,17,20,23H,13-16H2. The van der Waals surface area contributed by atoms with Crippen LogP contribution in [-0.4, -0.2) is 35.6 Å². The number of ketones is 1. The number of ether oxygens (including phenoxy) is 1. The van der Waals surface area contributed by atoms with Crippen molar-refractivity contribution in [3.05, 3.63) is 94.2 Å². The summed E-state index contributed by atoms with van der Waals surface area (Å²) < 4.78 is 5.77. The van der Waals surface area contributed by atoms with E-state index in [1.165, 1.54) is 11.3 Å². The molecular weight excluding hydrogens is 410 g/mol. The Hall–Kier alpha value is -3.25. The van der Waals surface area contributed by atoms with Crippen molar-refractivity contribution >= 4 is 29.0 Å². The van der Waals surface area contributed by atoms with Gasteiger partial charge in [0.15, 0.2) is 6.10 Å². The second-order valence-electron chi connectivity index (χ2n) is 7.50. The summed E-state index contributed by atoms with van der Waals surface area (Å²) in [5.41, 5.74) is 1.15. The molecule has 1 aromatic heterocycles. The smallest absolute Gasteiger partial charge is 0.310 e. The normalized spacial score (nSPS) is 15.3. The van der Waals surface area contributed by atoms with Gasteiger partial charge in [-0.3, -0.25) is 14.4 Å². The van der Waals surface area contributed by atoms with Crippen LogP contribution in [0.2, 0.25) is 0 Å². The SMILES string of the molecule is O=C(OC(C(=O)c1ccccc1)c1ccccc1)C1CCN(C(=O)c2cccs2)CC1. The van der Waals surface area contributed by atoms with Crippen LogP contribution in [0.15, 0.2) is 78.2 Å². The predicted molar refractivity (Wildman–Crippen MR) is 119 cm³/mol. The number of nitrogens with zero attached hydrogens (tertiary/aromatic N) is 1. The molecular formula is C25H23NO4S. The molecule has 158 valence electrons. The minimum Gasteiger partial charge on any atom is -0.449 e. The quantitative estimate of drug-likeness (QED) is 0.415. The van der Waals surface area contributed by atoms with Gasteiger partial charge in [0.05, 0.1) is 10.8 Å². The van der Waals surface area contributed by atoms with E-state index in [4.69, 9.17) is 4.74 Å². The highest BCUT2D eigenvalue weighted by Crippen LogP contribution is 2.27. The summed E-state index contributed by atoms with van der Waals surface area (Å²) in [6.07, 6.45) is 0.0652. The molecule has 0 radical (unpaired) electrons. The largest absolute Gasteiger partial charge is 0.449 e. The number of carbonyl (C=O) groups excluding carboxylic acids is 3. The van der Waals surface area contributed by atoms with E-state index in [1.807, 2.05) is 41.8 Å². The monoisotopic (exact) mass is 433 g/mol. The molecule has 0 saturated carbocycles. The lowest BCUT2D eigenvalue weighted by Gasteiger charge is -2.31. The van der Waals surface area contributed by atoms with Crippen molar-refractivity contribution in [2.75, 3.05) is 13.1 Å². The van der Waals surface area contributed by atoms with Gasteiger partial charge in [0.25, 0.3) is 5.91 Å². The van der Waals surface area contributed by atoms with Gasteiger partial charge in [-0.05, 0) is 24.3 Å². The molecule has 5 nitrogen and oxygen atoms in total. The number of likely N-dealkylation sites (tertiary alicyclic amines) is 1. The van der Waals surface area contributed by atoms with E-state index >= 15 is 0 Å². The van der Waals surface area contributed by atoms with Crippen molar-refractivity contribution in [1.82, 2.24) is 4.90 Å². The molecule has 4 rings (SSSR count). The fourth-order valence-corrected chi connectivity index (χ4v) is 4.43. The fourth-order valence-electron chi connectivity index (χ4n) is 3.74. The zero-order valence-electron chi connectivity index (χ0n) is 17.0. The van der Waals surface area contributed by atoms with Crippen molar-refractivity contribution in [2.24, 2.45) is 5.92 Å². The van der Waals surface area contributed by atoms with Gasteiger partial charge in [-0.15, -0.1) is 11.3 Å². The van der Waals surface area contributed by atoms with E-state index in [0.717, 1.165) is 0 Å². The van der Waals surface area contributed by atoms with E-state index in [0.29, 0.717) is 41.9 Å². The van der Waals surface area contributed by atoms with E-state index < -0.39 is 6.10 Å². The Bertz CT molecular complexity index is 1030. The zero-order chi connectivity index (χ0) is 21.6. The Morgan fingerprint density at radius 3 is 2.13 bits per heavy atom. The number of thiophene rings is 1. The topological polar surface area (TPSA) is 63.7 Å². The molecule has 1 aliphatic heterocycles. The summed E-state index contributed by atoms with van der Waals surface area (Å²) in [5, 5.41) is 1.88. The first-order valence-corrected chi connectivity index (χ1v) is 11.2. The predicted octanol–water partition coefficient (Wildman–Crippen LogP) is 4.77. The Labute approximate surface area is 185 Å². The fraction of sp³-hybridized carbons (Fsp3) is 0.240. The molecule has 1 atom stereocenters. The highest BCUT2D eigenvalue weighted by atomic mass is 32.1. The average molecular weight is 434 g/mol. The Balaban J connectivity index is 1.43. The van der Waals surface area contributed by atoms with Gasteiger partial charge in [-0.1, -0.05) is 66.7 Å². The second-order valence-corrected chi connectivity index (χ2v) is 8.45. The Morgan fingerprint density at radius 2 is 1.52 bits per heavy atom. The summed E-state index contributed by atoms with van der Waals surface area (Å²) in [4.78, 5) is 41.1. The molecule has 1 unspecified atom stereocenters. The van der Waals surface area contributed by atoms with Crippen molar-refractivity contribution in [3.8, 4) is 0 Å². The van der Waals surface area contributed by atoms with Crippen LogP contribution in [0.1, 0.15) is 44.5 Å². The van der Waals surface area contributed by atoms with Crippen LogP contribution in [0.3, 0.4) is 0 Å². The molecule has 0 N–H and O–H groups in total. The first kappa shape index (κ1) is 21.0. The van der Waals surface area contributed by atoms with E-state index in [1.54, 1.807) is 41.3 Å². The third-order valence-electron chi connectivity index (χ3n) is 5.48. The Kier molecular flexibility index (Phi) is 6.57. The lowest BCUT2D eigenvalue weighted by molar-refractivity contribution is -0.153. The van der Waals surface area contributed by atoms with Gasteiger partial charge >= 0.3 is 5.97 Å². The minimum atomic E-state index is -0.984. The number of esters is 1. The van der Waals surface area contributed by atoms with Crippen molar-refractivity contribution in [3.63, 3.8) is 0 Å². The lowest BCUT2D eigenvalue weighted by Crippen LogP contribution is -2.40. The first-order valence-electron chi connectivity index (χ1n) is 10.3. The number of piperidine rings is 1. The maximum atomic E-state index is 13.1. The van der Waals surface area contributed by atoms with E-state index in [2.05, 4.69) is 0 Å². The molecule has 2 heterocycles. The number of benzene rings is 2. The second kappa shape index (κ2) is 9.71. The Morgan fingerprint density at radius 1 is 0.871 bits per heavy atom. The third-order valence-corrected chi connectivity index (χ3v) is 6.34. The highest BCUT2D eigenvalue weighted by Gasteiger charge is 2.33. The molecule has 31 heavy (non-hydrogen) atoms. The van der Waals surface area contributed by atoms with Gasteiger partial charge in [-0.25, -0.2) is 0 Å². The molecule has 1 amide bonds.